The van der Waals surface area contributed by atoms with Crippen molar-refractivity contribution in [1.29, 1.82) is 0 Å². The van der Waals surface area contributed by atoms with Gasteiger partial charge in [-0.3, -0.25) is 9.48 Å². The number of para-hydroxylation sites is 1. The monoisotopic (exact) mass is 390 g/mol. The minimum absolute atomic E-state index is 0.0366. The molecule has 3 aromatic rings. The first-order chi connectivity index (χ1) is 12.7. The van der Waals surface area contributed by atoms with Crippen LogP contribution in [-0.4, -0.2) is 44.8 Å². The van der Waals surface area contributed by atoms with Crippen LogP contribution in [0.2, 0.25) is 5.02 Å². The van der Waals surface area contributed by atoms with E-state index in [9.17, 15) is 4.79 Å². The third kappa shape index (κ3) is 3.29. The van der Waals surface area contributed by atoms with E-state index in [1.165, 1.54) is 11.3 Å². The minimum atomic E-state index is 0.0366. The molecule has 2 aromatic heterocycles. The fourth-order valence-electron chi connectivity index (χ4n) is 3.19. The zero-order valence-corrected chi connectivity index (χ0v) is 16.0. The number of carbonyl (C=O) groups is 1. The largest absolute Gasteiger partial charge is 0.467 e. The van der Waals surface area contributed by atoms with Gasteiger partial charge in [-0.25, -0.2) is 4.98 Å². The second-order valence-corrected chi connectivity index (χ2v) is 7.61. The maximum absolute atomic E-state index is 12.7. The number of piperidine rings is 1. The molecule has 3 heterocycles. The summed E-state index contributed by atoms with van der Waals surface area (Å²) in [5, 5.41) is 5.46. The number of hydrogen-bond acceptors (Lipinski definition) is 5. The topological polar surface area (TPSA) is 60.2 Å². The summed E-state index contributed by atoms with van der Waals surface area (Å²) in [7, 11) is 0. The summed E-state index contributed by atoms with van der Waals surface area (Å²) in [4.78, 5) is 19.0. The summed E-state index contributed by atoms with van der Waals surface area (Å²) in [5.74, 6) is 0.0366. The van der Waals surface area contributed by atoms with Gasteiger partial charge in [-0.15, -0.1) is 0 Å². The summed E-state index contributed by atoms with van der Waals surface area (Å²) in [5.41, 5.74) is 1.43. The number of ether oxygens (including phenoxy) is 1. The van der Waals surface area contributed by atoms with E-state index in [4.69, 9.17) is 16.3 Å². The van der Waals surface area contributed by atoms with Gasteiger partial charge in [0.1, 0.15) is 17.3 Å². The van der Waals surface area contributed by atoms with Crippen molar-refractivity contribution < 1.29 is 9.53 Å². The molecule has 0 saturated carbocycles. The van der Waals surface area contributed by atoms with Gasteiger partial charge in [0.15, 0.2) is 0 Å². The van der Waals surface area contributed by atoms with Crippen LogP contribution in [0.1, 0.15) is 30.3 Å². The lowest BCUT2D eigenvalue weighted by atomic mass is 10.1. The SMILES string of the molecule is CCn1nccc1C(=O)N1CCC(Oc2nc3c(Cl)cccc3s2)CC1. The van der Waals surface area contributed by atoms with Crippen LogP contribution in [0, 0.1) is 0 Å². The summed E-state index contributed by atoms with van der Waals surface area (Å²) >= 11 is 7.68. The van der Waals surface area contributed by atoms with Crippen molar-refractivity contribution in [2.45, 2.75) is 32.4 Å². The summed E-state index contributed by atoms with van der Waals surface area (Å²) in [6, 6.07) is 7.51. The molecular formula is C18H19ClN4O2S. The number of rotatable bonds is 4. The van der Waals surface area contributed by atoms with E-state index in [1.807, 2.05) is 30.0 Å². The van der Waals surface area contributed by atoms with Crippen molar-refractivity contribution >= 4 is 39.1 Å². The number of hydrogen-bond donors (Lipinski definition) is 0. The number of aromatic nitrogens is 3. The Morgan fingerprint density at radius 1 is 1.35 bits per heavy atom. The van der Waals surface area contributed by atoms with Gasteiger partial charge < -0.3 is 9.64 Å². The smallest absolute Gasteiger partial charge is 0.274 e. The highest BCUT2D eigenvalue weighted by atomic mass is 35.5. The third-order valence-corrected chi connectivity index (χ3v) is 5.80. The number of amides is 1. The standard InChI is InChI=1S/C18H19ClN4O2S/c1-2-23-14(6-9-20-23)17(24)22-10-7-12(8-11-22)25-18-21-16-13(19)4-3-5-15(16)26-18/h3-6,9,12H,2,7-8,10-11H2,1H3. The Hall–Kier alpha value is -2.12. The quantitative estimate of drug-likeness (QED) is 0.678. The van der Waals surface area contributed by atoms with Gasteiger partial charge in [-0.05, 0) is 25.1 Å². The molecule has 0 unspecified atom stereocenters. The average molecular weight is 391 g/mol. The minimum Gasteiger partial charge on any atom is -0.467 e. The molecule has 0 spiro atoms. The van der Waals surface area contributed by atoms with Gasteiger partial charge in [0.05, 0.1) is 9.72 Å². The molecule has 0 N–H and O–H groups in total. The van der Waals surface area contributed by atoms with Gasteiger partial charge in [0.2, 0.25) is 0 Å². The molecule has 8 heteroatoms. The third-order valence-electron chi connectivity index (χ3n) is 4.58. The lowest BCUT2D eigenvalue weighted by molar-refractivity contribution is 0.0584. The first kappa shape index (κ1) is 17.3. The summed E-state index contributed by atoms with van der Waals surface area (Å²) in [6.07, 6.45) is 3.31. The maximum atomic E-state index is 12.7. The molecular weight excluding hydrogens is 372 g/mol. The molecule has 1 saturated heterocycles. The molecule has 26 heavy (non-hydrogen) atoms. The van der Waals surface area contributed by atoms with Crippen LogP contribution < -0.4 is 4.74 Å². The molecule has 1 aliphatic rings. The number of nitrogens with zero attached hydrogens (tertiary/aromatic N) is 4. The first-order valence-electron chi connectivity index (χ1n) is 8.68. The van der Waals surface area contributed by atoms with E-state index in [0.29, 0.717) is 35.5 Å². The Balaban J connectivity index is 1.39. The summed E-state index contributed by atoms with van der Waals surface area (Å²) in [6.45, 7) is 4.01. The number of halogens is 1. The molecule has 0 radical (unpaired) electrons. The lowest BCUT2D eigenvalue weighted by Crippen LogP contribution is -2.42. The van der Waals surface area contributed by atoms with Gasteiger partial charge in [-0.1, -0.05) is 29.0 Å². The Morgan fingerprint density at radius 3 is 2.88 bits per heavy atom. The Bertz CT molecular complexity index is 930. The zero-order chi connectivity index (χ0) is 18.1. The highest BCUT2D eigenvalue weighted by Gasteiger charge is 2.27. The molecule has 1 fully saturated rings. The predicted molar refractivity (Wildman–Crippen MR) is 102 cm³/mol. The maximum Gasteiger partial charge on any atom is 0.274 e. The number of aryl methyl sites for hydroxylation is 1. The number of likely N-dealkylation sites (tertiary alicyclic amines) is 1. The molecule has 4 rings (SSSR count). The number of fused-ring (bicyclic) bond motifs is 1. The van der Waals surface area contributed by atoms with Crippen molar-refractivity contribution in [3.63, 3.8) is 0 Å². The van der Waals surface area contributed by atoms with Crippen LogP contribution in [0.25, 0.3) is 10.2 Å². The van der Waals surface area contributed by atoms with Gasteiger partial charge in [0.25, 0.3) is 11.1 Å². The molecule has 136 valence electrons. The normalized spacial score (nSPS) is 15.5. The van der Waals surface area contributed by atoms with E-state index in [0.717, 1.165) is 23.1 Å². The molecule has 1 aliphatic heterocycles. The van der Waals surface area contributed by atoms with Crippen molar-refractivity contribution in [1.82, 2.24) is 19.7 Å². The molecule has 6 nitrogen and oxygen atoms in total. The van der Waals surface area contributed by atoms with E-state index in [2.05, 4.69) is 10.1 Å². The van der Waals surface area contributed by atoms with E-state index >= 15 is 0 Å². The van der Waals surface area contributed by atoms with Crippen LogP contribution >= 0.6 is 22.9 Å². The van der Waals surface area contributed by atoms with E-state index in [1.54, 1.807) is 16.9 Å². The van der Waals surface area contributed by atoms with Gasteiger partial charge in [0, 0.05) is 38.7 Å². The van der Waals surface area contributed by atoms with Crippen LogP contribution in [0.4, 0.5) is 0 Å². The van der Waals surface area contributed by atoms with Crippen LogP contribution in [0.5, 0.6) is 5.19 Å². The van der Waals surface area contributed by atoms with Crippen molar-refractivity contribution in [3.05, 3.63) is 41.2 Å². The van der Waals surface area contributed by atoms with Gasteiger partial charge in [-0.2, -0.15) is 5.10 Å². The fourth-order valence-corrected chi connectivity index (χ4v) is 4.37. The molecule has 0 atom stereocenters. The highest BCUT2D eigenvalue weighted by molar-refractivity contribution is 7.20. The van der Waals surface area contributed by atoms with Crippen LogP contribution in [-0.2, 0) is 6.54 Å². The zero-order valence-electron chi connectivity index (χ0n) is 14.4. The fraction of sp³-hybridized carbons (Fsp3) is 0.389. The number of thiazole rings is 1. The van der Waals surface area contributed by atoms with Crippen LogP contribution in [0.15, 0.2) is 30.5 Å². The van der Waals surface area contributed by atoms with Crippen molar-refractivity contribution in [2.24, 2.45) is 0 Å². The second-order valence-electron chi connectivity index (χ2n) is 6.21. The lowest BCUT2D eigenvalue weighted by Gasteiger charge is -2.31. The second kappa shape index (κ2) is 7.25. The van der Waals surface area contributed by atoms with Gasteiger partial charge >= 0.3 is 0 Å². The molecule has 1 aromatic carbocycles. The number of benzene rings is 1. The Kier molecular flexibility index (Phi) is 4.82. The number of carbonyl (C=O) groups excluding carboxylic acids is 1. The molecule has 0 bridgehead atoms. The Morgan fingerprint density at radius 2 is 2.15 bits per heavy atom. The highest BCUT2D eigenvalue weighted by Crippen LogP contribution is 2.33. The Labute approximate surface area is 160 Å². The van der Waals surface area contributed by atoms with Crippen molar-refractivity contribution in [3.8, 4) is 5.19 Å². The first-order valence-corrected chi connectivity index (χ1v) is 9.88. The van der Waals surface area contributed by atoms with Crippen molar-refractivity contribution in [2.75, 3.05) is 13.1 Å². The molecule has 0 aliphatic carbocycles. The van der Waals surface area contributed by atoms with E-state index < -0.39 is 0 Å². The predicted octanol–water partition coefficient (Wildman–Crippen LogP) is 3.85. The summed E-state index contributed by atoms with van der Waals surface area (Å²) < 4.78 is 8.81. The van der Waals surface area contributed by atoms with Crippen LogP contribution in [0.3, 0.4) is 0 Å². The van der Waals surface area contributed by atoms with E-state index in [-0.39, 0.29) is 12.0 Å². The average Bonchev–Trinajstić information content (AvgIpc) is 3.29. The molecule has 1 amide bonds.